The standard InChI is InChI=1S/C24H25ClN4O3/c1-23(2,3)29-14-19-21(27-29)18(30)13-24(32-19)8-10-28(11-9-24)22(31)16-12-20(25)26-17-7-5-4-6-15(16)17/h4-7,12,14H,8-11,13H2,1-3H3. The van der Waals surface area contributed by atoms with Crippen molar-refractivity contribution in [2.75, 3.05) is 13.1 Å². The molecule has 0 atom stereocenters. The van der Waals surface area contributed by atoms with Crippen molar-refractivity contribution in [1.82, 2.24) is 19.7 Å². The molecule has 0 aliphatic carbocycles. The van der Waals surface area contributed by atoms with Gasteiger partial charge in [0.1, 0.15) is 10.8 Å². The van der Waals surface area contributed by atoms with Crippen molar-refractivity contribution in [2.24, 2.45) is 0 Å². The van der Waals surface area contributed by atoms with Gasteiger partial charge < -0.3 is 9.64 Å². The lowest BCUT2D eigenvalue weighted by Crippen LogP contribution is -2.52. The number of Topliss-reactive ketones (excluding diaryl/α,β-unsaturated/α-hetero) is 1. The number of fused-ring (bicyclic) bond motifs is 2. The number of carbonyl (C=O) groups is 2. The molecule has 1 saturated heterocycles. The molecule has 1 fully saturated rings. The van der Waals surface area contributed by atoms with Crippen LogP contribution in [0.4, 0.5) is 0 Å². The minimum Gasteiger partial charge on any atom is -0.483 e. The van der Waals surface area contributed by atoms with Crippen LogP contribution in [0.5, 0.6) is 5.75 Å². The lowest BCUT2D eigenvalue weighted by Gasteiger charge is -2.43. The molecule has 0 N–H and O–H groups in total. The summed E-state index contributed by atoms with van der Waals surface area (Å²) in [5.41, 5.74) is 0.817. The van der Waals surface area contributed by atoms with Crippen molar-refractivity contribution in [3.63, 3.8) is 0 Å². The average Bonchev–Trinajstić information content (AvgIpc) is 3.18. The number of hydrogen-bond acceptors (Lipinski definition) is 5. The highest BCUT2D eigenvalue weighted by Gasteiger charge is 2.45. The minimum atomic E-state index is -0.593. The quantitative estimate of drug-likeness (QED) is 0.509. The first-order chi connectivity index (χ1) is 15.2. The molecule has 4 heterocycles. The zero-order chi connectivity index (χ0) is 22.7. The number of hydrogen-bond donors (Lipinski definition) is 0. The van der Waals surface area contributed by atoms with Gasteiger partial charge in [-0.05, 0) is 32.9 Å². The zero-order valence-electron chi connectivity index (χ0n) is 18.4. The molecule has 2 aromatic heterocycles. The Bertz CT molecular complexity index is 1240. The summed E-state index contributed by atoms with van der Waals surface area (Å²) < 4.78 is 8.14. The van der Waals surface area contributed by atoms with Crippen LogP contribution in [0.3, 0.4) is 0 Å². The summed E-state index contributed by atoms with van der Waals surface area (Å²) in [7, 11) is 0. The van der Waals surface area contributed by atoms with Crippen molar-refractivity contribution >= 4 is 34.2 Å². The summed E-state index contributed by atoms with van der Waals surface area (Å²) in [5, 5.41) is 5.54. The molecular weight excluding hydrogens is 428 g/mol. The van der Waals surface area contributed by atoms with Gasteiger partial charge in [-0.1, -0.05) is 29.8 Å². The van der Waals surface area contributed by atoms with Crippen LogP contribution in [0, 0.1) is 0 Å². The summed E-state index contributed by atoms with van der Waals surface area (Å²) >= 11 is 6.17. The van der Waals surface area contributed by atoms with Crippen molar-refractivity contribution in [3.05, 3.63) is 52.9 Å². The number of rotatable bonds is 1. The number of carbonyl (C=O) groups excluding carboxylic acids is 2. The van der Waals surface area contributed by atoms with E-state index in [4.69, 9.17) is 16.3 Å². The van der Waals surface area contributed by atoms with Crippen molar-refractivity contribution in [1.29, 1.82) is 0 Å². The van der Waals surface area contributed by atoms with Gasteiger partial charge in [0.2, 0.25) is 0 Å². The number of ketones is 1. The summed E-state index contributed by atoms with van der Waals surface area (Å²) in [4.78, 5) is 32.3. The molecule has 5 rings (SSSR count). The van der Waals surface area contributed by atoms with Gasteiger partial charge in [-0.15, -0.1) is 0 Å². The van der Waals surface area contributed by atoms with E-state index in [1.807, 2.05) is 56.1 Å². The van der Waals surface area contributed by atoms with E-state index in [-0.39, 0.29) is 23.7 Å². The Morgan fingerprint density at radius 2 is 1.91 bits per heavy atom. The fourth-order valence-corrected chi connectivity index (χ4v) is 4.70. The topological polar surface area (TPSA) is 77.3 Å². The molecule has 2 aliphatic rings. The molecule has 0 bridgehead atoms. The Morgan fingerprint density at radius 3 is 2.62 bits per heavy atom. The lowest BCUT2D eigenvalue weighted by molar-refractivity contribution is -0.00581. The summed E-state index contributed by atoms with van der Waals surface area (Å²) in [6, 6.07) is 9.12. The predicted octanol–water partition coefficient (Wildman–Crippen LogP) is 4.48. The normalized spacial score (nSPS) is 18.0. The maximum Gasteiger partial charge on any atom is 0.254 e. The molecule has 8 heteroatoms. The number of halogens is 1. The van der Waals surface area contributed by atoms with Gasteiger partial charge in [-0.25, -0.2) is 4.98 Å². The number of aromatic nitrogens is 3. The van der Waals surface area contributed by atoms with Crippen LogP contribution in [0.15, 0.2) is 36.5 Å². The van der Waals surface area contributed by atoms with Gasteiger partial charge in [0, 0.05) is 31.3 Å². The Morgan fingerprint density at radius 1 is 1.19 bits per heavy atom. The molecule has 1 spiro atoms. The van der Waals surface area contributed by atoms with E-state index in [1.165, 1.54) is 0 Å². The van der Waals surface area contributed by atoms with Crippen molar-refractivity contribution in [2.45, 2.75) is 51.2 Å². The van der Waals surface area contributed by atoms with Crippen molar-refractivity contribution in [3.8, 4) is 5.75 Å². The van der Waals surface area contributed by atoms with Gasteiger partial charge >= 0.3 is 0 Å². The molecule has 0 unspecified atom stereocenters. The monoisotopic (exact) mass is 452 g/mol. The molecule has 0 radical (unpaired) electrons. The van der Waals surface area contributed by atoms with E-state index in [2.05, 4.69) is 10.1 Å². The number of pyridine rings is 1. The third-order valence-corrected chi connectivity index (χ3v) is 6.51. The molecule has 1 aromatic carbocycles. The van der Waals surface area contributed by atoms with Crippen LogP contribution in [-0.2, 0) is 5.54 Å². The minimum absolute atomic E-state index is 0.000867. The number of piperidine rings is 1. The van der Waals surface area contributed by atoms with Gasteiger partial charge in [-0.2, -0.15) is 5.10 Å². The number of para-hydroxylation sites is 1. The summed E-state index contributed by atoms with van der Waals surface area (Å²) in [6.45, 7) is 7.10. The SMILES string of the molecule is CC(C)(C)n1cc2c(n1)C(=O)CC1(CCN(C(=O)c3cc(Cl)nc4ccccc34)CC1)O2. The first-order valence-electron chi connectivity index (χ1n) is 10.8. The lowest BCUT2D eigenvalue weighted by atomic mass is 9.83. The van der Waals surface area contributed by atoms with E-state index in [0.29, 0.717) is 53.6 Å². The number of benzene rings is 1. The van der Waals surface area contributed by atoms with Crippen molar-refractivity contribution < 1.29 is 14.3 Å². The smallest absolute Gasteiger partial charge is 0.254 e. The van der Waals surface area contributed by atoms with Crippen LogP contribution >= 0.6 is 11.6 Å². The van der Waals surface area contributed by atoms with Gasteiger partial charge in [0.25, 0.3) is 5.91 Å². The third-order valence-electron chi connectivity index (χ3n) is 6.32. The first kappa shape index (κ1) is 20.9. The van der Waals surface area contributed by atoms with Crippen LogP contribution in [0.2, 0.25) is 5.15 Å². The molecule has 7 nitrogen and oxygen atoms in total. The highest BCUT2D eigenvalue weighted by Crippen LogP contribution is 2.40. The zero-order valence-corrected chi connectivity index (χ0v) is 19.1. The van der Waals surface area contributed by atoms with E-state index >= 15 is 0 Å². The van der Waals surface area contributed by atoms with Gasteiger partial charge in [0.15, 0.2) is 17.2 Å². The van der Waals surface area contributed by atoms with Crippen LogP contribution in [0.1, 0.15) is 60.9 Å². The first-order valence-corrected chi connectivity index (χ1v) is 11.2. The largest absolute Gasteiger partial charge is 0.483 e. The number of nitrogens with zero attached hydrogens (tertiary/aromatic N) is 4. The number of amides is 1. The van der Waals surface area contributed by atoms with Crippen LogP contribution in [-0.4, -0.2) is 50.0 Å². The Hall–Kier alpha value is -2.93. The Kier molecular flexibility index (Phi) is 4.78. The van der Waals surface area contributed by atoms with E-state index in [1.54, 1.807) is 10.7 Å². The molecular formula is C24H25ClN4O3. The maximum atomic E-state index is 13.3. The number of likely N-dealkylation sites (tertiary alicyclic amines) is 1. The fourth-order valence-electron chi connectivity index (χ4n) is 4.50. The molecule has 0 saturated carbocycles. The molecule has 166 valence electrons. The Balaban J connectivity index is 1.36. The van der Waals surface area contributed by atoms with E-state index in [0.717, 1.165) is 5.39 Å². The van der Waals surface area contributed by atoms with E-state index < -0.39 is 5.60 Å². The fraction of sp³-hybridized carbons (Fsp3) is 0.417. The summed E-state index contributed by atoms with van der Waals surface area (Å²) in [5.74, 6) is 0.465. The summed E-state index contributed by atoms with van der Waals surface area (Å²) in [6.07, 6.45) is 3.27. The van der Waals surface area contributed by atoms with Crippen LogP contribution in [0.25, 0.3) is 10.9 Å². The highest BCUT2D eigenvalue weighted by molar-refractivity contribution is 6.30. The highest BCUT2D eigenvalue weighted by atomic mass is 35.5. The van der Waals surface area contributed by atoms with Crippen LogP contribution < -0.4 is 4.74 Å². The average molecular weight is 453 g/mol. The predicted molar refractivity (Wildman–Crippen MR) is 121 cm³/mol. The van der Waals surface area contributed by atoms with Gasteiger partial charge in [0.05, 0.1) is 29.2 Å². The second-order valence-corrected chi connectivity index (χ2v) is 10.0. The molecule has 32 heavy (non-hydrogen) atoms. The van der Waals surface area contributed by atoms with Gasteiger partial charge in [-0.3, -0.25) is 14.3 Å². The second-order valence-electron chi connectivity index (χ2n) is 9.64. The molecule has 2 aliphatic heterocycles. The number of ether oxygens (including phenoxy) is 1. The maximum absolute atomic E-state index is 13.3. The third kappa shape index (κ3) is 3.54. The second kappa shape index (κ2) is 7.30. The Labute approximate surface area is 191 Å². The molecule has 3 aromatic rings. The molecule has 1 amide bonds. The van der Waals surface area contributed by atoms with E-state index in [9.17, 15) is 9.59 Å².